The number of pyridine rings is 1. The van der Waals surface area contributed by atoms with Crippen LogP contribution in [0.25, 0.3) is 11.3 Å². The van der Waals surface area contributed by atoms with Gasteiger partial charge in [-0.3, -0.25) is 9.59 Å². The number of nitrogens with one attached hydrogen (secondary N) is 1. The number of benzene rings is 1. The van der Waals surface area contributed by atoms with Crippen LogP contribution < -0.4 is 10.5 Å². The highest BCUT2D eigenvalue weighted by Crippen LogP contribution is 2.57. The van der Waals surface area contributed by atoms with Crippen molar-refractivity contribution in [2.24, 2.45) is 0 Å². The van der Waals surface area contributed by atoms with Crippen LogP contribution >= 0.6 is 0 Å². The molecule has 7 heteroatoms. The normalized spacial score (nSPS) is 15.7. The Morgan fingerprint density at radius 3 is 2.65 bits per heavy atom. The molecule has 1 aliphatic heterocycles. The number of aromatic nitrogens is 3. The summed E-state index contributed by atoms with van der Waals surface area (Å²) in [5, 5.41) is 0. The molecule has 1 aromatic carbocycles. The third-order valence-corrected chi connectivity index (χ3v) is 6.29. The van der Waals surface area contributed by atoms with Gasteiger partial charge in [0.1, 0.15) is 0 Å². The topological polar surface area (TPSA) is 82.2 Å². The molecule has 0 saturated heterocycles. The van der Waals surface area contributed by atoms with Gasteiger partial charge in [-0.15, -0.1) is 0 Å². The summed E-state index contributed by atoms with van der Waals surface area (Å²) in [5.41, 5.74) is 4.43. The molecule has 5 rings (SSSR count). The summed E-state index contributed by atoms with van der Waals surface area (Å²) in [6.45, 7) is 3.62. The molecule has 1 fully saturated rings. The minimum atomic E-state index is -0.157. The third kappa shape index (κ3) is 3.40. The van der Waals surface area contributed by atoms with Gasteiger partial charge < -0.3 is 14.8 Å². The highest BCUT2D eigenvalue weighted by molar-refractivity contribution is 5.96. The van der Waals surface area contributed by atoms with Crippen LogP contribution in [-0.4, -0.2) is 45.9 Å². The van der Waals surface area contributed by atoms with Crippen LogP contribution in [0.15, 0.2) is 53.6 Å². The van der Waals surface area contributed by atoms with Crippen molar-refractivity contribution < 1.29 is 4.79 Å². The molecule has 1 amide bonds. The van der Waals surface area contributed by atoms with E-state index in [1.807, 2.05) is 25.2 Å². The van der Waals surface area contributed by atoms with Crippen LogP contribution in [0.4, 0.5) is 11.6 Å². The average molecular weight is 415 g/mol. The molecule has 0 bridgehead atoms. The van der Waals surface area contributed by atoms with Crippen molar-refractivity contribution in [2.45, 2.75) is 31.6 Å². The van der Waals surface area contributed by atoms with Gasteiger partial charge in [0, 0.05) is 60.8 Å². The molecular weight excluding hydrogens is 390 g/mol. The van der Waals surface area contributed by atoms with Crippen LogP contribution in [0.1, 0.15) is 42.1 Å². The summed E-state index contributed by atoms with van der Waals surface area (Å²) in [4.78, 5) is 40.3. The minimum absolute atomic E-state index is 0.0330. The Kier molecular flexibility index (Phi) is 4.61. The van der Waals surface area contributed by atoms with E-state index in [0.29, 0.717) is 17.2 Å². The van der Waals surface area contributed by atoms with E-state index in [1.54, 1.807) is 23.4 Å². The number of rotatable bonds is 5. The van der Waals surface area contributed by atoms with E-state index in [4.69, 9.17) is 0 Å². The first-order chi connectivity index (χ1) is 15.0. The van der Waals surface area contributed by atoms with Crippen molar-refractivity contribution >= 4 is 17.5 Å². The maximum absolute atomic E-state index is 12.8. The maximum atomic E-state index is 12.8. The molecule has 3 heterocycles. The molecule has 1 N–H and O–H groups in total. The van der Waals surface area contributed by atoms with Crippen LogP contribution in [0.5, 0.6) is 0 Å². The Balaban J connectivity index is 1.48. The van der Waals surface area contributed by atoms with Gasteiger partial charge in [-0.05, 0) is 43.0 Å². The molecule has 1 saturated carbocycles. The number of hydrogen-bond donors (Lipinski definition) is 1. The predicted octanol–water partition coefficient (Wildman–Crippen LogP) is 3.50. The second-order valence-electron chi connectivity index (χ2n) is 8.53. The minimum Gasteiger partial charge on any atom is -0.342 e. The van der Waals surface area contributed by atoms with Crippen molar-refractivity contribution in [1.29, 1.82) is 0 Å². The highest BCUT2D eigenvalue weighted by Gasteiger charge is 2.52. The lowest BCUT2D eigenvalue weighted by Crippen LogP contribution is -2.27. The van der Waals surface area contributed by atoms with Crippen molar-refractivity contribution in [3.63, 3.8) is 0 Å². The molecule has 1 spiro atoms. The van der Waals surface area contributed by atoms with Crippen LogP contribution in [0.2, 0.25) is 0 Å². The molecule has 158 valence electrons. The number of fused-ring (bicyclic) bond motifs is 2. The summed E-state index contributed by atoms with van der Waals surface area (Å²) in [6, 6.07) is 11.1. The quantitative estimate of drug-likeness (QED) is 0.690. The average Bonchev–Trinajstić information content (AvgIpc) is 3.50. The smallest absolute Gasteiger partial charge is 0.253 e. The molecule has 7 nitrogen and oxygen atoms in total. The van der Waals surface area contributed by atoms with Crippen LogP contribution in [-0.2, 0) is 5.41 Å². The highest BCUT2D eigenvalue weighted by atomic mass is 16.2. The van der Waals surface area contributed by atoms with Crippen molar-refractivity contribution in [3.8, 4) is 11.3 Å². The second-order valence-corrected chi connectivity index (χ2v) is 8.53. The number of nitrogens with zero attached hydrogens (tertiary/aromatic N) is 4. The van der Waals surface area contributed by atoms with E-state index in [2.05, 4.69) is 32.8 Å². The Morgan fingerprint density at radius 1 is 1.19 bits per heavy atom. The summed E-state index contributed by atoms with van der Waals surface area (Å²) < 4.78 is 0. The molecule has 1 aliphatic carbocycles. The molecule has 0 radical (unpaired) electrons. The van der Waals surface area contributed by atoms with Gasteiger partial charge >= 0.3 is 0 Å². The van der Waals surface area contributed by atoms with Crippen LogP contribution in [0.3, 0.4) is 0 Å². The Morgan fingerprint density at radius 2 is 1.97 bits per heavy atom. The first-order valence-corrected chi connectivity index (χ1v) is 10.7. The molecule has 31 heavy (non-hydrogen) atoms. The Bertz CT molecular complexity index is 1200. The van der Waals surface area contributed by atoms with Gasteiger partial charge in [0.2, 0.25) is 11.5 Å². The fourth-order valence-corrected chi connectivity index (χ4v) is 4.44. The number of amides is 1. The summed E-state index contributed by atoms with van der Waals surface area (Å²) in [7, 11) is 1.84. The monoisotopic (exact) mass is 415 g/mol. The maximum Gasteiger partial charge on any atom is 0.253 e. The number of anilines is 2. The second kappa shape index (κ2) is 7.34. The largest absolute Gasteiger partial charge is 0.342 e. The van der Waals surface area contributed by atoms with E-state index in [0.717, 1.165) is 43.6 Å². The van der Waals surface area contributed by atoms with E-state index in [1.165, 1.54) is 11.6 Å². The standard InChI is InChI=1S/C24H25N5O2/c1-3-11-28(2)22(31)16-7-8-18-20(12-16)29(15-24(18)9-10-24)23-25-13-17(14-26-23)19-5-4-6-21(30)27-19/h4-8,12-14H,3,9-11,15H2,1-2H3,(H,27,30). The molecule has 3 aromatic rings. The number of hydrogen-bond acceptors (Lipinski definition) is 5. The predicted molar refractivity (Wildman–Crippen MR) is 120 cm³/mol. The lowest BCUT2D eigenvalue weighted by Gasteiger charge is -2.20. The number of aromatic amines is 1. The zero-order valence-corrected chi connectivity index (χ0v) is 17.8. The zero-order valence-electron chi connectivity index (χ0n) is 17.8. The summed E-state index contributed by atoms with van der Waals surface area (Å²) >= 11 is 0. The van der Waals surface area contributed by atoms with Gasteiger partial charge in [-0.2, -0.15) is 0 Å². The van der Waals surface area contributed by atoms with Crippen molar-refractivity contribution in [3.05, 3.63) is 70.3 Å². The van der Waals surface area contributed by atoms with Gasteiger partial charge in [0.25, 0.3) is 5.91 Å². The van der Waals surface area contributed by atoms with Crippen molar-refractivity contribution in [1.82, 2.24) is 19.9 Å². The zero-order chi connectivity index (χ0) is 21.6. The van der Waals surface area contributed by atoms with E-state index in [9.17, 15) is 9.59 Å². The third-order valence-electron chi connectivity index (χ3n) is 6.29. The van der Waals surface area contributed by atoms with E-state index >= 15 is 0 Å². The SMILES string of the molecule is CCCN(C)C(=O)c1ccc2c(c1)N(c1ncc(-c3cccc(=O)[nH]3)cn1)CC21CC1. The van der Waals surface area contributed by atoms with Crippen molar-refractivity contribution in [2.75, 3.05) is 25.0 Å². The summed E-state index contributed by atoms with van der Waals surface area (Å²) in [6.07, 6.45) is 6.67. The summed E-state index contributed by atoms with van der Waals surface area (Å²) in [5.74, 6) is 0.643. The molecule has 2 aliphatic rings. The molecule has 0 unspecified atom stereocenters. The molecule has 2 aromatic heterocycles. The first-order valence-electron chi connectivity index (χ1n) is 10.7. The van der Waals surface area contributed by atoms with Crippen LogP contribution in [0, 0.1) is 0 Å². The number of carbonyl (C=O) groups is 1. The van der Waals surface area contributed by atoms with Gasteiger partial charge in [0.15, 0.2) is 0 Å². The van der Waals surface area contributed by atoms with Gasteiger partial charge in [0.05, 0.1) is 5.69 Å². The molecule has 0 atom stereocenters. The van der Waals surface area contributed by atoms with E-state index < -0.39 is 0 Å². The van der Waals surface area contributed by atoms with Gasteiger partial charge in [-0.25, -0.2) is 9.97 Å². The lowest BCUT2D eigenvalue weighted by atomic mass is 9.97. The number of carbonyl (C=O) groups excluding carboxylic acids is 1. The Hall–Kier alpha value is -3.48. The fourth-order valence-electron chi connectivity index (χ4n) is 4.44. The number of H-pyrrole nitrogens is 1. The van der Waals surface area contributed by atoms with E-state index in [-0.39, 0.29) is 16.9 Å². The fraction of sp³-hybridized carbons (Fsp3) is 0.333. The lowest BCUT2D eigenvalue weighted by molar-refractivity contribution is 0.0795. The Labute approximate surface area is 180 Å². The van der Waals surface area contributed by atoms with Gasteiger partial charge in [-0.1, -0.05) is 19.1 Å². The molecular formula is C24H25N5O2. The first kappa shape index (κ1) is 19.5.